The third-order valence-corrected chi connectivity index (χ3v) is 2.62. The van der Waals surface area contributed by atoms with E-state index in [1.165, 1.54) is 18.6 Å². The van der Waals surface area contributed by atoms with E-state index in [1.807, 2.05) is 0 Å². The van der Waals surface area contributed by atoms with Crippen LogP contribution in [0, 0.1) is 12.7 Å². The highest BCUT2D eigenvalue weighted by Gasteiger charge is 2.11. The van der Waals surface area contributed by atoms with Crippen LogP contribution in [0.5, 0.6) is 0 Å². The summed E-state index contributed by atoms with van der Waals surface area (Å²) in [6.45, 7) is 2.03. The van der Waals surface area contributed by atoms with Crippen LogP contribution < -0.4 is 5.32 Å². The summed E-state index contributed by atoms with van der Waals surface area (Å²) in [6, 6.07) is 4.71. The number of carboxylic acids is 1. The van der Waals surface area contributed by atoms with Gasteiger partial charge in [0.2, 0.25) is 0 Å². The van der Waals surface area contributed by atoms with E-state index in [2.05, 4.69) is 15.3 Å². The lowest BCUT2D eigenvalue weighted by molar-refractivity contribution is 0.0697. The van der Waals surface area contributed by atoms with Gasteiger partial charge in [-0.3, -0.25) is 0 Å². The molecule has 0 spiro atoms. The summed E-state index contributed by atoms with van der Waals surface area (Å²) in [5, 5.41) is 11.9. The molecule has 1 aromatic carbocycles. The molecule has 0 radical (unpaired) electrons. The second kappa shape index (κ2) is 5.43. The van der Waals surface area contributed by atoms with Gasteiger partial charge in [-0.25, -0.2) is 19.2 Å². The first-order chi connectivity index (χ1) is 9.08. The van der Waals surface area contributed by atoms with Crippen LogP contribution in [0.2, 0.25) is 0 Å². The quantitative estimate of drug-likeness (QED) is 0.882. The lowest BCUT2D eigenvalue weighted by Crippen LogP contribution is -2.09. The van der Waals surface area contributed by atoms with E-state index in [0.717, 1.165) is 5.56 Å². The number of aromatic carboxylic acids is 1. The first-order valence-corrected chi connectivity index (χ1v) is 5.60. The van der Waals surface area contributed by atoms with Crippen molar-refractivity contribution in [3.05, 3.63) is 53.2 Å². The van der Waals surface area contributed by atoms with Crippen molar-refractivity contribution >= 4 is 11.8 Å². The Hall–Kier alpha value is -2.50. The molecule has 0 saturated carbocycles. The van der Waals surface area contributed by atoms with Crippen molar-refractivity contribution < 1.29 is 14.3 Å². The Balaban J connectivity index is 2.14. The zero-order valence-electron chi connectivity index (χ0n) is 10.2. The van der Waals surface area contributed by atoms with Crippen molar-refractivity contribution in [2.24, 2.45) is 0 Å². The number of benzene rings is 1. The van der Waals surface area contributed by atoms with Crippen molar-refractivity contribution in [2.45, 2.75) is 13.5 Å². The van der Waals surface area contributed by atoms with Crippen LogP contribution in [0.15, 0.2) is 30.7 Å². The number of carbonyl (C=O) groups is 1. The van der Waals surface area contributed by atoms with Crippen LogP contribution in [0.1, 0.15) is 21.5 Å². The third kappa shape index (κ3) is 3.04. The first kappa shape index (κ1) is 12.9. The van der Waals surface area contributed by atoms with Crippen LogP contribution >= 0.6 is 0 Å². The molecule has 0 aliphatic carbocycles. The molecule has 1 heterocycles. The van der Waals surface area contributed by atoms with Gasteiger partial charge in [0.25, 0.3) is 0 Å². The van der Waals surface area contributed by atoms with Crippen LogP contribution in [-0.2, 0) is 6.54 Å². The SMILES string of the molecule is Cc1cc(CNc2ncncc2C(=O)O)ccc1F. The maximum Gasteiger partial charge on any atom is 0.341 e. The molecular weight excluding hydrogens is 249 g/mol. The molecule has 1 aromatic heterocycles. The molecule has 0 saturated heterocycles. The number of hydrogen-bond donors (Lipinski definition) is 2. The smallest absolute Gasteiger partial charge is 0.341 e. The average molecular weight is 261 g/mol. The van der Waals surface area contributed by atoms with E-state index in [0.29, 0.717) is 12.1 Å². The summed E-state index contributed by atoms with van der Waals surface area (Å²) in [5.74, 6) is -1.13. The minimum atomic E-state index is -1.10. The van der Waals surface area contributed by atoms with E-state index in [-0.39, 0.29) is 17.2 Å². The number of rotatable bonds is 4. The molecule has 19 heavy (non-hydrogen) atoms. The van der Waals surface area contributed by atoms with Crippen molar-refractivity contribution in [3.8, 4) is 0 Å². The largest absolute Gasteiger partial charge is 0.477 e. The van der Waals surface area contributed by atoms with Crippen molar-refractivity contribution in [1.82, 2.24) is 9.97 Å². The van der Waals surface area contributed by atoms with Crippen LogP contribution in [-0.4, -0.2) is 21.0 Å². The van der Waals surface area contributed by atoms with E-state index in [1.54, 1.807) is 19.1 Å². The van der Waals surface area contributed by atoms with E-state index in [4.69, 9.17) is 5.11 Å². The minimum Gasteiger partial charge on any atom is -0.477 e. The topological polar surface area (TPSA) is 75.1 Å². The fourth-order valence-corrected chi connectivity index (χ4v) is 1.63. The first-order valence-electron chi connectivity index (χ1n) is 5.60. The van der Waals surface area contributed by atoms with Gasteiger partial charge in [0, 0.05) is 12.7 Å². The normalized spacial score (nSPS) is 10.2. The zero-order valence-corrected chi connectivity index (χ0v) is 10.2. The Kier molecular flexibility index (Phi) is 3.70. The molecule has 98 valence electrons. The predicted molar refractivity (Wildman–Crippen MR) is 67.5 cm³/mol. The zero-order chi connectivity index (χ0) is 13.8. The summed E-state index contributed by atoms with van der Waals surface area (Å²) in [7, 11) is 0. The number of nitrogens with one attached hydrogen (secondary N) is 1. The highest BCUT2D eigenvalue weighted by atomic mass is 19.1. The monoisotopic (exact) mass is 261 g/mol. The van der Waals surface area contributed by atoms with Crippen molar-refractivity contribution in [3.63, 3.8) is 0 Å². The van der Waals surface area contributed by atoms with Gasteiger partial charge in [-0.2, -0.15) is 0 Å². The highest BCUT2D eigenvalue weighted by Crippen LogP contribution is 2.13. The lowest BCUT2D eigenvalue weighted by Gasteiger charge is -2.08. The number of aromatic nitrogens is 2. The number of carboxylic acid groups (broad SMARTS) is 1. The Morgan fingerprint density at radius 3 is 2.95 bits per heavy atom. The molecule has 2 rings (SSSR count). The molecule has 5 nitrogen and oxygen atoms in total. The Labute approximate surface area is 109 Å². The van der Waals surface area contributed by atoms with Crippen LogP contribution in [0.25, 0.3) is 0 Å². The van der Waals surface area contributed by atoms with Gasteiger partial charge in [-0.1, -0.05) is 12.1 Å². The summed E-state index contributed by atoms with van der Waals surface area (Å²) in [4.78, 5) is 18.5. The third-order valence-electron chi connectivity index (χ3n) is 2.62. The number of halogens is 1. The number of hydrogen-bond acceptors (Lipinski definition) is 4. The molecule has 0 amide bonds. The van der Waals surface area contributed by atoms with Gasteiger partial charge in [0.1, 0.15) is 23.5 Å². The molecule has 0 aliphatic heterocycles. The molecule has 0 aliphatic rings. The summed E-state index contributed by atoms with van der Waals surface area (Å²) in [5.41, 5.74) is 1.38. The molecule has 0 atom stereocenters. The molecule has 0 fully saturated rings. The predicted octanol–water partition coefficient (Wildman–Crippen LogP) is 2.23. The van der Waals surface area contributed by atoms with E-state index < -0.39 is 5.97 Å². The molecule has 0 unspecified atom stereocenters. The summed E-state index contributed by atoms with van der Waals surface area (Å²) < 4.78 is 13.1. The van der Waals surface area contributed by atoms with Gasteiger partial charge >= 0.3 is 5.97 Å². The Morgan fingerprint density at radius 1 is 1.47 bits per heavy atom. The maximum absolute atomic E-state index is 13.1. The number of anilines is 1. The minimum absolute atomic E-state index is 0.00123. The van der Waals surface area contributed by atoms with Gasteiger partial charge in [-0.15, -0.1) is 0 Å². The van der Waals surface area contributed by atoms with Gasteiger partial charge < -0.3 is 10.4 Å². The van der Waals surface area contributed by atoms with E-state index >= 15 is 0 Å². The Bertz CT molecular complexity index is 617. The van der Waals surface area contributed by atoms with Crippen molar-refractivity contribution in [1.29, 1.82) is 0 Å². The maximum atomic E-state index is 13.1. The van der Waals surface area contributed by atoms with Gasteiger partial charge in [0.05, 0.1) is 0 Å². The fourth-order valence-electron chi connectivity index (χ4n) is 1.63. The second-order valence-electron chi connectivity index (χ2n) is 4.03. The van der Waals surface area contributed by atoms with Crippen LogP contribution in [0.4, 0.5) is 10.2 Å². The Morgan fingerprint density at radius 2 is 2.26 bits per heavy atom. The molecule has 2 aromatic rings. The van der Waals surface area contributed by atoms with Gasteiger partial charge in [-0.05, 0) is 24.1 Å². The number of nitrogens with zero attached hydrogens (tertiary/aromatic N) is 2. The average Bonchev–Trinajstić information content (AvgIpc) is 2.40. The summed E-state index contributed by atoms with van der Waals surface area (Å²) >= 11 is 0. The molecule has 2 N–H and O–H groups in total. The summed E-state index contributed by atoms with van der Waals surface area (Å²) in [6.07, 6.45) is 2.50. The fraction of sp³-hybridized carbons (Fsp3) is 0.154. The standard InChI is InChI=1S/C13H12FN3O2/c1-8-4-9(2-3-11(8)14)5-16-12-10(13(18)19)6-15-7-17-12/h2-4,6-7H,5H2,1H3,(H,18,19)(H,15,16,17). The van der Waals surface area contributed by atoms with Crippen molar-refractivity contribution in [2.75, 3.05) is 5.32 Å². The highest BCUT2D eigenvalue weighted by molar-refractivity contribution is 5.92. The van der Waals surface area contributed by atoms with Crippen LogP contribution in [0.3, 0.4) is 0 Å². The van der Waals surface area contributed by atoms with E-state index in [9.17, 15) is 9.18 Å². The second-order valence-corrected chi connectivity index (χ2v) is 4.03. The van der Waals surface area contributed by atoms with Gasteiger partial charge in [0.15, 0.2) is 0 Å². The molecular formula is C13H12FN3O2. The molecule has 0 bridgehead atoms. The molecule has 6 heteroatoms. The number of aryl methyl sites for hydroxylation is 1. The lowest BCUT2D eigenvalue weighted by atomic mass is 10.1.